The number of hydrogen-bond donors (Lipinski definition) is 1. The molecule has 0 radical (unpaired) electrons. The third kappa shape index (κ3) is 3.41. The van der Waals surface area contributed by atoms with Gasteiger partial charge in [-0.3, -0.25) is 0 Å². The highest BCUT2D eigenvalue weighted by molar-refractivity contribution is 6.30. The van der Waals surface area contributed by atoms with Crippen molar-refractivity contribution in [3.63, 3.8) is 0 Å². The molecule has 2 rings (SSSR count). The minimum absolute atomic E-state index is 0.313. The van der Waals surface area contributed by atoms with Crippen LogP contribution in [0.5, 0.6) is 0 Å². The van der Waals surface area contributed by atoms with Crippen molar-refractivity contribution in [3.05, 3.63) is 69.2 Å². The first-order valence-electron chi connectivity index (χ1n) is 7.00. The molecule has 1 nitrogen and oxygen atoms in total. The minimum Gasteiger partial charge on any atom is -0.313 e. The number of halogens is 1. The zero-order valence-electron chi connectivity index (χ0n) is 12.6. The molecule has 2 aromatic rings. The molecule has 0 aromatic heterocycles. The van der Waals surface area contributed by atoms with Crippen molar-refractivity contribution >= 4 is 11.6 Å². The van der Waals surface area contributed by atoms with E-state index in [9.17, 15) is 0 Å². The molecule has 0 aliphatic carbocycles. The van der Waals surface area contributed by atoms with Crippen LogP contribution < -0.4 is 5.32 Å². The van der Waals surface area contributed by atoms with Gasteiger partial charge < -0.3 is 5.32 Å². The van der Waals surface area contributed by atoms with Gasteiger partial charge in [0.1, 0.15) is 0 Å². The molecule has 2 heteroatoms. The van der Waals surface area contributed by atoms with E-state index >= 15 is 0 Å². The van der Waals surface area contributed by atoms with Gasteiger partial charge in [-0.05, 0) is 68.6 Å². The predicted molar refractivity (Wildman–Crippen MR) is 87.6 cm³/mol. The van der Waals surface area contributed by atoms with Crippen molar-refractivity contribution in [1.82, 2.24) is 5.32 Å². The fourth-order valence-electron chi connectivity index (χ4n) is 2.64. The summed E-state index contributed by atoms with van der Waals surface area (Å²) in [7, 11) is 2.02. The molecule has 20 heavy (non-hydrogen) atoms. The lowest BCUT2D eigenvalue weighted by atomic mass is 9.93. The van der Waals surface area contributed by atoms with E-state index in [0.29, 0.717) is 6.04 Å². The summed E-state index contributed by atoms with van der Waals surface area (Å²) in [5.74, 6) is 0. The van der Waals surface area contributed by atoms with Gasteiger partial charge in [0.25, 0.3) is 0 Å². The smallest absolute Gasteiger partial charge is 0.0408 e. The van der Waals surface area contributed by atoms with E-state index in [1.54, 1.807) is 0 Å². The quantitative estimate of drug-likeness (QED) is 0.854. The molecule has 0 amide bonds. The number of rotatable bonds is 4. The second-order valence-electron chi connectivity index (χ2n) is 5.48. The van der Waals surface area contributed by atoms with Crippen molar-refractivity contribution < 1.29 is 0 Å². The Bertz CT molecular complexity index is 604. The second-order valence-corrected chi connectivity index (χ2v) is 5.91. The number of nitrogens with one attached hydrogen (secondary N) is 1. The summed E-state index contributed by atoms with van der Waals surface area (Å²) in [6.45, 7) is 6.44. The second kappa shape index (κ2) is 6.43. The molecule has 1 N–H and O–H groups in total. The van der Waals surface area contributed by atoms with Gasteiger partial charge in [-0.2, -0.15) is 0 Å². The van der Waals surface area contributed by atoms with E-state index in [1.165, 1.54) is 27.8 Å². The summed E-state index contributed by atoms with van der Waals surface area (Å²) < 4.78 is 0. The third-order valence-corrected chi connectivity index (χ3v) is 4.12. The first-order chi connectivity index (χ1) is 9.51. The summed E-state index contributed by atoms with van der Waals surface area (Å²) >= 11 is 6.05. The Hall–Kier alpha value is -1.31. The molecule has 0 fully saturated rings. The highest BCUT2D eigenvalue weighted by atomic mass is 35.5. The molecule has 0 aliphatic heterocycles. The molecule has 0 saturated heterocycles. The van der Waals surface area contributed by atoms with Crippen molar-refractivity contribution in [3.8, 4) is 0 Å². The van der Waals surface area contributed by atoms with Crippen molar-refractivity contribution in [2.24, 2.45) is 0 Å². The Morgan fingerprint density at radius 3 is 2.40 bits per heavy atom. The Balaban J connectivity index is 2.31. The van der Waals surface area contributed by atoms with Gasteiger partial charge in [0, 0.05) is 11.1 Å². The zero-order chi connectivity index (χ0) is 14.7. The van der Waals surface area contributed by atoms with Gasteiger partial charge in [0.05, 0.1) is 0 Å². The van der Waals surface area contributed by atoms with Gasteiger partial charge >= 0.3 is 0 Å². The molecule has 106 valence electrons. The van der Waals surface area contributed by atoms with Crippen LogP contribution in [0.2, 0.25) is 5.02 Å². The maximum absolute atomic E-state index is 6.05. The Kier molecular flexibility index (Phi) is 4.85. The van der Waals surface area contributed by atoms with Crippen LogP contribution in [0.3, 0.4) is 0 Å². The maximum atomic E-state index is 6.05. The standard InChI is InChI=1S/C18H22ClN/c1-12-5-6-13(2)15(9-12)11-18(20-4)17-8-7-16(19)10-14(17)3/h5-10,18,20H,11H2,1-4H3. The van der Waals surface area contributed by atoms with Gasteiger partial charge in [-0.25, -0.2) is 0 Å². The first-order valence-corrected chi connectivity index (χ1v) is 7.38. The molecule has 0 heterocycles. The molecular weight excluding hydrogens is 266 g/mol. The van der Waals surface area contributed by atoms with E-state index in [-0.39, 0.29) is 0 Å². The monoisotopic (exact) mass is 287 g/mol. The molecule has 0 saturated carbocycles. The molecule has 2 aromatic carbocycles. The van der Waals surface area contributed by atoms with E-state index in [0.717, 1.165) is 11.4 Å². The van der Waals surface area contributed by atoms with Crippen LogP contribution in [0.4, 0.5) is 0 Å². The van der Waals surface area contributed by atoms with Crippen LogP contribution in [-0.4, -0.2) is 7.05 Å². The van der Waals surface area contributed by atoms with Crippen LogP contribution in [0.15, 0.2) is 36.4 Å². The van der Waals surface area contributed by atoms with Crippen molar-refractivity contribution in [2.75, 3.05) is 7.05 Å². The summed E-state index contributed by atoms with van der Waals surface area (Å²) in [4.78, 5) is 0. The first kappa shape index (κ1) is 15.1. The Morgan fingerprint density at radius 1 is 1.00 bits per heavy atom. The highest BCUT2D eigenvalue weighted by Gasteiger charge is 2.14. The summed E-state index contributed by atoms with van der Waals surface area (Å²) in [5, 5.41) is 4.23. The van der Waals surface area contributed by atoms with Crippen LogP contribution in [-0.2, 0) is 6.42 Å². The average molecular weight is 288 g/mol. The summed E-state index contributed by atoms with van der Waals surface area (Å²) in [6, 6.07) is 13.1. The van der Waals surface area contributed by atoms with E-state index in [1.807, 2.05) is 19.2 Å². The molecule has 0 aliphatic rings. The molecular formula is C18H22ClN. The molecule has 0 spiro atoms. The minimum atomic E-state index is 0.313. The number of likely N-dealkylation sites (N-methyl/N-ethyl adjacent to an activating group) is 1. The third-order valence-electron chi connectivity index (χ3n) is 3.88. The number of benzene rings is 2. The van der Waals surface area contributed by atoms with E-state index < -0.39 is 0 Å². The SMILES string of the molecule is CNC(Cc1cc(C)ccc1C)c1ccc(Cl)cc1C. The summed E-state index contributed by atoms with van der Waals surface area (Å²) in [6.07, 6.45) is 0.993. The highest BCUT2D eigenvalue weighted by Crippen LogP contribution is 2.25. The Morgan fingerprint density at radius 2 is 1.75 bits per heavy atom. The predicted octanol–water partition coefficient (Wildman–Crippen LogP) is 4.77. The Labute approximate surface area is 127 Å². The molecule has 1 unspecified atom stereocenters. The fraction of sp³-hybridized carbons (Fsp3) is 0.333. The lowest BCUT2D eigenvalue weighted by molar-refractivity contribution is 0.587. The van der Waals surface area contributed by atoms with Crippen LogP contribution in [0.1, 0.15) is 33.9 Å². The van der Waals surface area contributed by atoms with Crippen LogP contribution in [0, 0.1) is 20.8 Å². The number of aryl methyl sites for hydroxylation is 3. The van der Waals surface area contributed by atoms with Crippen molar-refractivity contribution in [1.29, 1.82) is 0 Å². The van der Waals surface area contributed by atoms with E-state index in [2.05, 4.69) is 50.4 Å². The van der Waals surface area contributed by atoms with Gasteiger partial charge in [0.2, 0.25) is 0 Å². The largest absolute Gasteiger partial charge is 0.313 e. The lowest BCUT2D eigenvalue weighted by Crippen LogP contribution is -2.20. The van der Waals surface area contributed by atoms with E-state index in [4.69, 9.17) is 11.6 Å². The zero-order valence-corrected chi connectivity index (χ0v) is 13.4. The van der Waals surface area contributed by atoms with Gasteiger partial charge in [0.15, 0.2) is 0 Å². The van der Waals surface area contributed by atoms with Crippen LogP contribution >= 0.6 is 11.6 Å². The lowest BCUT2D eigenvalue weighted by Gasteiger charge is -2.20. The fourth-order valence-corrected chi connectivity index (χ4v) is 2.86. The molecule has 1 atom stereocenters. The number of hydrogen-bond acceptors (Lipinski definition) is 1. The summed E-state index contributed by atoms with van der Waals surface area (Å²) in [5.41, 5.74) is 6.62. The normalized spacial score (nSPS) is 12.4. The average Bonchev–Trinajstić information content (AvgIpc) is 2.40. The van der Waals surface area contributed by atoms with Gasteiger partial charge in [-0.1, -0.05) is 41.4 Å². The van der Waals surface area contributed by atoms with Crippen molar-refractivity contribution in [2.45, 2.75) is 33.2 Å². The van der Waals surface area contributed by atoms with Crippen LogP contribution in [0.25, 0.3) is 0 Å². The topological polar surface area (TPSA) is 12.0 Å². The maximum Gasteiger partial charge on any atom is 0.0408 e. The van der Waals surface area contributed by atoms with Gasteiger partial charge in [-0.15, -0.1) is 0 Å². The molecule has 0 bridgehead atoms.